The molecule has 10 heteroatoms. The summed E-state index contributed by atoms with van der Waals surface area (Å²) in [7, 11) is 3.46. The lowest BCUT2D eigenvalue weighted by Crippen LogP contribution is -2.21. The second kappa shape index (κ2) is 8.81. The first-order valence-electron chi connectivity index (χ1n) is 10.9. The molecule has 4 heterocycles. The number of nitrogens with one attached hydrogen (secondary N) is 3. The molecule has 172 valence electrons. The van der Waals surface area contributed by atoms with Gasteiger partial charge < -0.3 is 20.7 Å². The molecule has 10 nitrogen and oxygen atoms in total. The number of aromatic nitrogens is 5. The average molecular weight is 457 g/mol. The van der Waals surface area contributed by atoms with Gasteiger partial charge in [0.05, 0.1) is 23.7 Å². The van der Waals surface area contributed by atoms with Gasteiger partial charge in [-0.25, -0.2) is 4.98 Å². The highest BCUT2D eigenvalue weighted by Gasteiger charge is 2.23. The van der Waals surface area contributed by atoms with Gasteiger partial charge in [-0.2, -0.15) is 5.10 Å². The van der Waals surface area contributed by atoms with Crippen LogP contribution in [0.25, 0.3) is 11.3 Å². The van der Waals surface area contributed by atoms with Gasteiger partial charge in [0, 0.05) is 50.1 Å². The van der Waals surface area contributed by atoms with Gasteiger partial charge in [-0.3, -0.25) is 9.48 Å². The minimum absolute atomic E-state index is 0.162. The molecule has 1 aromatic carbocycles. The lowest BCUT2D eigenvalue weighted by atomic mass is 10.1. The monoisotopic (exact) mass is 456 g/mol. The maximum atomic E-state index is 12.5. The summed E-state index contributed by atoms with van der Waals surface area (Å²) in [5.41, 5.74) is 5.31. The van der Waals surface area contributed by atoms with Crippen LogP contribution in [0.3, 0.4) is 0 Å². The van der Waals surface area contributed by atoms with E-state index in [0.29, 0.717) is 35.4 Å². The number of anilines is 4. The molecule has 4 aromatic rings. The molecule has 0 spiro atoms. The number of hydrogen-bond donors (Lipinski definition) is 3. The molecule has 0 fully saturated rings. The number of aryl methyl sites for hydroxylation is 2. The van der Waals surface area contributed by atoms with E-state index in [1.807, 2.05) is 55.2 Å². The number of benzene rings is 1. The van der Waals surface area contributed by atoms with Crippen molar-refractivity contribution < 1.29 is 9.53 Å². The number of fused-ring (bicyclic) bond motifs is 3. The SMILES string of the molecule is CNC(=O)c1nnc(Nc2ccc(C)cn2)cc1Nc1cccc2c1OCCc1cn(C)nc1-2. The van der Waals surface area contributed by atoms with Crippen molar-refractivity contribution in [1.29, 1.82) is 0 Å². The Morgan fingerprint density at radius 3 is 2.76 bits per heavy atom. The van der Waals surface area contributed by atoms with Crippen LogP contribution in [0.4, 0.5) is 23.0 Å². The number of para-hydroxylation sites is 1. The lowest BCUT2D eigenvalue weighted by Gasteiger charge is -2.16. The van der Waals surface area contributed by atoms with E-state index in [-0.39, 0.29) is 11.6 Å². The average Bonchev–Trinajstić information content (AvgIpc) is 3.12. The molecule has 0 saturated heterocycles. The molecular formula is C24H24N8O2. The number of ether oxygens (including phenoxy) is 1. The third-order valence-electron chi connectivity index (χ3n) is 5.47. The summed E-state index contributed by atoms with van der Waals surface area (Å²) >= 11 is 0. The summed E-state index contributed by atoms with van der Waals surface area (Å²) in [6, 6.07) is 11.3. The zero-order valence-electron chi connectivity index (χ0n) is 19.1. The van der Waals surface area contributed by atoms with Gasteiger partial charge in [-0.15, -0.1) is 10.2 Å². The Hall–Kier alpha value is -4.47. The summed E-state index contributed by atoms with van der Waals surface area (Å²) in [4.78, 5) is 16.9. The number of amides is 1. The summed E-state index contributed by atoms with van der Waals surface area (Å²) in [5.74, 6) is 1.39. The van der Waals surface area contributed by atoms with Crippen LogP contribution in [0.1, 0.15) is 21.6 Å². The zero-order valence-corrected chi connectivity index (χ0v) is 19.1. The number of rotatable bonds is 5. The Morgan fingerprint density at radius 1 is 1.09 bits per heavy atom. The van der Waals surface area contributed by atoms with Crippen LogP contribution in [0.15, 0.2) is 48.8 Å². The maximum Gasteiger partial charge on any atom is 0.273 e. The molecule has 1 amide bonds. The van der Waals surface area contributed by atoms with Crippen molar-refractivity contribution in [2.24, 2.45) is 7.05 Å². The molecule has 3 aromatic heterocycles. The van der Waals surface area contributed by atoms with E-state index in [2.05, 4.69) is 36.2 Å². The topological polar surface area (TPSA) is 119 Å². The predicted molar refractivity (Wildman–Crippen MR) is 129 cm³/mol. The van der Waals surface area contributed by atoms with E-state index >= 15 is 0 Å². The summed E-state index contributed by atoms with van der Waals surface area (Å²) in [6.07, 6.45) is 4.53. The fourth-order valence-corrected chi connectivity index (χ4v) is 3.84. The van der Waals surface area contributed by atoms with Gasteiger partial charge in [0.15, 0.2) is 17.3 Å². The van der Waals surface area contributed by atoms with Crippen molar-refractivity contribution in [3.8, 4) is 17.0 Å². The Labute approximate surface area is 196 Å². The highest BCUT2D eigenvalue weighted by molar-refractivity contribution is 5.99. The summed E-state index contributed by atoms with van der Waals surface area (Å²) < 4.78 is 7.94. The maximum absolute atomic E-state index is 12.5. The Balaban J connectivity index is 1.53. The van der Waals surface area contributed by atoms with Crippen LogP contribution in [-0.4, -0.2) is 44.5 Å². The van der Waals surface area contributed by atoms with Crippen LogP contribution in [0.2, 0.25) is 0 Å². The molecule has 0 radical (unpaired) electrons. The first kappa shape index (κ1) is 21.4. The zero-order chi connectivity index (χ0) is 23.7. The van der Waals surface area contributed by atoms with Gasteiger partial charge in [0.25, 0.3) is 5.91 Å². The van der Waals surface area contributed by atoms with Crippen molar-refractivity contribution in [2.45, 2.75) is 13.3 Å². The van der Waals surface area contributed by atoms with Crippen LogP contribution >= 0.6 is 0 Å². The van der Waals surface area contributed by atoms with Crippen molar-refractivity contribution >= 4 is 28.9 Å². The summed E-state index contributed by atoms with van der Waals surface area (Å²) in [6.45, 7) is 2.49. The fourth-order valence-electron chi connectivity index (χ4n) is 3.84. The molecule has 1 aliphatic heterocycles. The van der Waals surface area contributed by atoms with E-state index in [4.69, 9.17) is 4.74 Å². The van der Waals surface area contributed by atoms with E-state index < -0.39 is 0 Å². The molecule has 0 aliphatic carbocycles. The largest absolute Gasteiger partial charge is 0.490 e. The Morgan fingerprint density at radius 2 is 1.97 bits per heavy atom. The van der Waals surface area contributed by atoms with Crippen molar-refractivity contribution in [3.05, 3.63) is 65.6 Å². The summed E-state index contributed by atoms with van der Waals surface area (Å²) in [5, 5.41) is 22.0. The molecular weight excluding hydrogens is 432 g/mol. The first-order chi connectivity index (χ1) is 16.5. The molecule has 34 heavy (non-hydrogen) atoms. The van der Waals surface area contributed by atoms with Gasteiger partial charge in [0.2, 0.25) is 0 Å². The number of carbonyl (C=O) groups excluding carboxylic acids is 1. The Bertz CT molecular complexity index is 1360. The number of nitrogens with zero attached hydrogens (tertiary/aromatic N) is 5. The van der Waals surface area contributed by atoms with Gasteiger partial charge in [-0.1, -0.05) is 12.1 Å². The molecule has 0 unspecified atom stereocenters. The smallest absolute Gasteiger partial charge is 0.273 e. The standard InChI is InChI=1S/C24H24N8O2/c1-14-7-8-19(26-12-14)28-20-11-18(22(30-29-20)24(33)25-2)27-17-6-4-5-16-21-15(13-32(3)31-21)9-10-34-23(16)17/h4-8,11-13H,9-10H2,1-3H3,(H,25,33)(H2,26,27,28,29). The third-order valence-corrected chi connectivity index (χ3v) is 5.47. The lowest BCUT2D eigenvalue weighted by molar-refractivity contribution is 0.0958. The second-order valence-electron chi connectivity index (χ2n) is 8.00. The van der Waals surface area contributed by atoms with E-state index in [0.717, 1.165) is 28.8 Å². The number of carbonyl (C=O) groups is 1. The third kappa shape index (κ3) is 4.13. The van der Waals surface area contributed by atoms with Crippen LogP contribution in [0.5, 0.6) is 5.75 Å². The first-order valence-corrected chi connectivity index (χ1v) is 10.9. The minimum atomic E-state index is -0.357. The van der Waals surface area contributed by atoms with Crippen molar-refractivity contribution in [2.75, 3.05) is 24.3 Å². The normalized spacial score (nSPS) is 12.1. The van der Waals surface area contributed by atoms with Gasteiger partial charge in [-0.05, 0) is 30.7 Å². The molecule has 0 bridgehead atoms. The van der Waals surface area contributed by atoms with Crippen LogP contribution in [-0.2, 0) is 13.5 Å². The van der Waals surface area contributed by atoms with Crippen LogP contribution in [0, 0.1) is 6.92 Å². The molecule has 1 aliphatic rings. The van der Waals surface area contributed by atoms with E-state index in [1.165, 1.54) is 0 Å². The van der Waals surface area contributed by atoms with Gasteiger partial charge >= 0.3 is 0 Å². The van der Waals surface area contributed by atoms with Gasteiger partial charge in [0.1, 0.15) is 5.82 Å². The molecule has 3 N–H and O–H groups in total. The highest BCUT2D eigenvalue weighted by Crippen LogP contribution is 2.41. The van der Waals surface area contributed by atoms with Crippen molar-refractivity contribution in [3.63, 3.8) is 0 Å². The quantitative estimate of drug-likeness (QED) is 0.418. The van der Waals surface area contributed by atoms with Crippen LogP contribution < -0.4 is 20.7 Å². The second-order valence-corrected chi connectivity index (χ2v) is 8.00. The van der Waals surface area contributed by atoms with E-state index in [9.17, 15) is 4.79 Å². The highest BCUT2D eigenvalue weighted by atomic mass is 16.5. The minimum Gasteiger partial charge on any atom is -0.490 e. The predicted octanol–water partition coefficient (Wildman–Crippen LogP) is 3.36. The number of pyridine rings is 1. The molecule has 5 rings (SSSR count). The van der Waals surface area contributed by atoms with E-state index in [1.54, 1.807) is 19.3 Å². The van der Waals surface area contributed by atoms with Crippen molar-refractivity contribution in [1.82, 2.24) is 30.3 Å². The molecule has 0 atom stereocenters. The number of hydrogen-bond acceptors (Lipinski definition) is 8. The Kier molecular flexibility index (Phi) is 5.54. The molecule has 0 saturated carbocycles. The fraction of sp³-hybridized carbons (Fsp3) is 0.208.